The van der Waals surface area contributed by atoms with Crippen LogP contribution >= 0.6 is 0 Å². The van der Waals surface area contributed by atoms with Crippen molar-refractivity contribution in [3.8, 4) is 0 Å². The number of hydrogen-bond donors (Lipinski definition) is 2. The highest BCUT2D eigenvalue weighted by Gasteiger charge is 2.35. The average molecular weight is 509 g/mol. The van der Waals surface area contributed by atoms with E-state index in [2.05, 4.69) is 25.4 Å². The van der Waals surface area contributed by atoms with Crippen molar-refractivity contribution in [1.29, 1.82) is 0 Å². The molecule has 2 aromatic rings. The van der Waals surface area contributed by atoms with Crippen LogP contribution in [0.5, 0.6) is 0 Å². The van der Waals surface area contributed by atoms with Crippen molar-refractivity contribution in [3.63, 3.8) is 0 Å². The number of nitrogens with one attached hydrogen (secondary N) is 2. The van der Waals surface area contributed by atoms with Gasteiger partial charge in [-0.05, 0) is 43.3 Å². The number of carbonyl (C=O) groups is 4. The van der Waals surface area contributed by atoms with Crippen LogP contribution in [0.25, 0.3) is 0 Å². The maximum atomic E-state index is 13.2. The van der Waals surface area contributed by atoms with Crippen molar-refractivity contribution < 1.29 is 23.9 Å². The maximum absolute atomic E-state index is 13.2. The number of hydrogen-bond acceptors (Lipinski definition) is 8. The lowest BCUT2D eigenvalue weighted by Gasteiger charge is -2.38. The topological polar surface area (TPSA) is 124 Å². The molecule has 1 unspecified atom stereocenters. The van der Waals surface area contributed by atoms with Crippen LogP contribution < -0.4 is 15.5 Å². The quantitative estimate of drug-likeness (QED) is 0.501. The molecular formula is C26H32N6O5. The molecule has 1 atom stereocenters. The van der Waals surface area contributed by atoms with Gasteiger partial charge in [0.25, 0.3) is 0 Å². The number of rotatable bonds is 8. The zero-order chi connectivity index (χ0) is 26.2. The first-order valence-electron chi connectivity index (χ1n) is 12.5. The number of piperazine rings is 2. The van der Waals surface area contributed by atoms with Gasteiger partial charge in [0, 0.05) is 51.2 Å². The summed E-state index contributed by atoms with van der Waals surface area (Å²) in [7, 11) is 0. The molecule has 4 rings (SSSR count). The number of carbonyl (C=O) groups excluding carboxylic acids is 4. The van der Waals surface area contributed by atoms with E-state index in [4.69, 9.17) is 4.74 Å². The van der Waals surface area contributed by atoms with Gasteiger partial charge in [-0.1, -0.05) is 6.07 Å². The lowest BCUT2D eigenvalue weighted by Crippen LogP contribution is -2.60. The first kappa shape index (κ1) is 26.1. The Morgan fingerprint density at radius 3 is 2.49 bits per heavy atom. The SMILES string of the molecule is CCOC(=O)c1ccc(NC(=O)CC2C(=O)NCCN2C(=O)CN2CCN(c3ccccn3)CC2)cc1. The van der Waals surface area contributed by atoms with Crippen molar-refractivity contribution in [1.82, 2.24) is 20.1 Å². The van der Waals surface area contributed by atoms with Crippen LogP contribution in [0.4, 0.5) is 11.5 Å². The summed E-state index contributed by atoms with van der Waals surface area (Å²) in [5.74, 6) is -0.424. The van der Waals surface area contributed by atoms with Crippen LogP contribution in [-0.2, 0) is 19.1 Å². The normalized spacial score (nSPS) is 18.2. The second-order valence-corrected chi connectivity index (χ2v) is 8.90. The van der Waals surface area contributed by atoms with E-state index in [-0.39, 0.29) is 31.4 Å². The molecule has 37 heavy (non-hydrogen) atoms. The summed E-state index contributed by atoms with van der Waals surface area (Å²) in [6.07, 6.45) is 1.60. The Bertz CT molecular complexity index is 1100. The number of amides is 3. The molecule has 0 saturated carbocycles. The number of esters is 1. The van der Waals surface area contributed by atoms with E-state index in [0.717, 1.165) is 18.9 Å². The minimum atomic E-state index is -0.880. The molecule has 0 radical (unpaired) electrons. The van der Waals surface area contributed by atoms with Crippen molar-refractivity contribution >= 4 is 35.2 Å². The highest BCUT2D eigenvalue weighted by Crippen LogP contribution is 2.16. The molecule has 2 N–H and O–H groups in total. The van der Waals surface area contributed by atoms with E-state index >= 15 is 0 Å². The third kappa shape index (κ3) is 6.82. The fourth-order valence-corrected chi connectivity index (χ4v) is 4.47. The number of nitrogens with zero attached hydrogens (tertiary/aromatic N) is 4. The molecule has 0 spiro atoms. The highest BCUT2D eigenvalue weighted by atomic mass is 16.5. The average Bonchev–Trinajstić information content (AvgIpc) is 2.91. The molecule has 11 heteroatoms. The molecule has 0 aliphatic carbocycles. The van der Waals surface area contributed by atoms with Crippen molar-refractivity contribution in [2.24, 2.45) is 0 Å². The van der Waals surface area contributed by atoms with Crippen LogP contribution in [0.15, 0.2) is 48.7 Å². The minimum absolute atomic E-state index is 0.162. The van der Waals surface area contributed by atoms with Gasteiger partial charge in [0.15, 0.2) is 0 Å². The van der Waals surface area contributed by atoms with Crippen LogP contribution in [-0.4, -0.2) is 96.9 Å². The molecule has 11 nitrogen and oxygen atoms in total. The third-order valence-corrected chi connectivity index (χ3v) is 6.41. The summed E-state index contributed by atoms with van der Waals surface area (Å²) < 4.78 is 4.96. The number of anilines is 2. The molecule has 2 saturated heterocycles. The number of aromatic nitrogens is 1. The Morgan fingerprint density at radius 1 is 1.05 bits per heavy atom. The molecule has 1 aromatic heterocycles. The Morgan fingerprint density at radius 2 is 1.81 bits per heavy atom. The minimum Gasteiger partial charge on any atom is -0.462 e. The van der Waals surface area contributed by atoms with Crippen LogP contribution in [0.1, 0.15) is 23.7 Å². The van der Waals surface area contributed by atoms with Crippen LogP contribution in [0, 0.1) is 0 Å². The van der Waals surface area contributed by atoms with Gasteiger partial charge in [0.1, 0.15) is 11.9 Å². The lowest BCUT2D eigenvalue weighted by molar-refractivity contribution is -0.145. The number of ether oxygens (including phenoxy) is 1. The van der Waals surface area contributed by atoms with Gasteiger partial charge < -0.3 is 25.2 Å². The molecule has 1 aromatic carbocycles. The molecule has 196 valence electrons. The van der Waals surface area contributed by atoms with Gasteiger partial charge >= 0.3 is 5.97 Å². The zero-order valence-corrected chi connectivity index (χ0v) is 20.9. The standard InChI is InChI=1S/C26H32N6O5/c1-2-37-26(36)19-6-8-20(9-7-19)29-23(33)17-21-25(35)28-11-12-32(21)24(34)18-30-13-15-31(16-14-30)22-5-3-4-10-27-22/h3-10,21H,2,11-18H2,1H3,(H,28,35)(H,29,33). The Labute approximate surface area is 215 Å². The van der Waals surface area contributed by atoms with Gasteiger partial charge in [-0.15, -0.1) is 0 Å². The lowest BCUT2D eigenvalue weighted by atomic mass is 10.1. The van der Waals surface area contributed by atoms with E-state index in [1.54, 1.807) is 37.4 Å². The first-order chi connectivity index (χ1) is 17.9. The van der Waals surface area contributed by atoms with Gasteiger partial charge in [0.05, 0.1) is 25.1 Å². The van der Waals surface area contributed by atoms with Gasteiger partial charge in [0.2, 0.25) is 17.7 Å². The number of pyridine rings is 1. The van der Waals surface area contributed by atoms with E-state index in [9.17, 15) is 19.2 Å². The Hall–Kier alpha value is -3.99. The molecule has 0 bridgehead atoms. The Balaban J connectivity index is 1.30. The van der Waals surface area contributed by atoms with Gasteiger partial charge in [-0.2, -0.15) is 0 Å². The Kier molecular flexibility index (Phi) is 8.68. The first-order valence-corrected chi connectivity index (χ1v) is 12.5. The van der Waals surface area contributed by atoms with Crippen LogP contribution in [0.2, 0.25) is 0 Å². The summed E-state index contributed by atoms with van der Waals surface area (Å²) in [6.45, 7) is 5.82. The predicted molar refractivity (Wildman–Crippen MR) is 137 cm³/mol. The van der Waals surface area contributed by atoms with E-state index < -0.39 is 17.9 Å². The van der Waals surface area contributed by atoms with Crippen LogP contribution in [0.3, 0.4) is 0 Å². The molecule has 2 aliphatic heterocycles. The maximum Gasteiger partial charge on any atom is 0.338 e. The van der Waals surface area contributed by atoms with E-state index in [0.29, 0.717) is 37.4 Å². The van der Waals surface area contributed by atoms with Crippen molar-refractivity contribution in [2.45, 2.75) is 19.4 Å². The molecule has 2 fully saturated rings. The zero-order valence-electron chi connectivity index (χ0n) is 20.9. The summed E-state index contributed by atoms with van der Waals surface area (Å²) in [4.78, 5) is 60.5. The highest BCUT2D eigenvalue weighted by molar-refractivity contribution is 5.98. The summed E-state index contributed by atoms with van der Waals surface area (Å²) >= 11 is 0. The third-order valence-electron chi connectivity index (χ3n) is 6.41. The molecular weight excluding hydrogens is 476 g/mol. The molecule has 2 aliphatic rings. The van der Waals surface area contributed by atoms with Crippen molar-refractivity contribution in [3.05, 3.63) is 54.2 Å². The van der Waals surface area contributed by atoms with E-state index in [1.807, 2.05) is 18.2 Å². The smallest absolute Gasteiger partial charge is 0.338 e. The van der Waals surface area contributed by atoms with Gasteiger partial charge in [-0.25, -0.2) is 9.78 Å². The fourth-order valence-electron chi connectivity index (χ4n) is 4.47. The number of benzene rings is 1. The summed E-state index contributed by atoms with van der Waals surface area (Å²) in [5.41, 5.74) is 0.863. The monoisotopic (exact) mass is 508 g/mol. The van der Waals surface area contributed by atoms with E-state index in [1.165, 1.54) is 4.90 Å². The molecule has 3 heterocycles. The predicted octanol–water partition coefficient (Wildman–Crippen LogP) is 0.736. The second kappa shape index (κ2) is 12.3. The second-order valence-electron chi connectivity index (χ2n) is 8.90. The molecule has 3 amide bonds. The van der Waals surface area contributed by atoms with Gasteiger partial charge in [-0.3, -0.25) is 19.3 Å². The fraction of sp³-hybridized carbons (Fsp3) is 0.423. The van der Waals surface area contributed by atoms with Crippen molar-refractivity contribution in [2.75, 3.05) is 62.6 Å². The summed E-state index contributed by atoms with van der Waals surface area (Å²) in [6, 6.07) is 11.2. The largest absolute Gasteiger partial charge is 0.462 e. The summed E-state index contributed by atoms with van der Waals surface area (Å²) in [5, 5.41) is 5.49.